The number of anilines is 1. The van der Waals surface area contributed by atoms with Gasteiger partial charge in [-0.05, 0) is 44.5 Å². The van der Waals surface area contributed by atoms with Crippen LogP contribution in [0.1, 0.15) is 19.4 Å². The number of fused-ring (bicyclic) bond motifs is 2. The zero-order valence-electron chi connectivity index (χ0n) is 13.7. The molecule has 0 fully saturated rings. The van der Waals surface area contributed by atoms with E-state index >= 15 is 0 Å². The Hall–Kier alpha value is -1.94. The average molecular weight is 313 g/mol. The monoisotopic (exact) mass is 313 g/mol. The molecule has 3 rings (SSSR count). The van der Waals surface area contributed by atoms with Crippen LogP contribution in [0.15, 0.2) is 30.3 Å². The first-order chi connectivity index (χ1) is 10.1. The first-order valence-electron chi connectivity index (χ1n) is 7.31. The van der Waals surface area contributed by atoms with E-state index in [0.29, 0.717) is 0 Å². The van der Waals surface area contributed by atoms with Gasteiger partial charge in [-0.3, -0.25) is 0 Å². The minimum atomic E-state index is 0. The number of aryl methyl sites for hydroxylation is 1. The second kappa shape index (κ2) is 6.44. The Morgan fingerprint density at radius 1 is 1.14 bits per heavy atom. The topological polar surface area (TPSA) is 41.9 Å². The molecular weight excluding hydrogens is 290 g/mol. The highest BCUT2D eigenvalue weighted by Crippen LogP contribution is 2.31. The smallest absolute Gasteiger partial charge is 0.201 e. The maximum Gasteiger partial charge on any atom is 0.201 e. The summed E-state index contributed by atoms with van der Waals surface area (Å²) in [5, 5.41) is 1.25. The van der Waals surface area contributed by atoms with Crippen LogP contribution in [0.4, 0.5) is 5.69 Å². The van der Waals surface area contributed by atoms with Crippen LogP contribution in [0.2, 0.25) is 0 Å². The molecule has 0 aromatic heterocycles. The van der Waals surface area contributed by atoms with E-state index in [0.717, 1.165) is 40.3 Å². The summed E-state index contributed by atoms with van der Waals surface area (Å²) in [6.07, 6.45) is 0. The number of aromatic nitrogens is 1. The summed E-state index contributed by atoms with van der Waals surface area (Å²) in [5.41, 5.74) is 10.0. The highest BCUT2D eigenvalue weighted by atomic mass is 32.1. The maximum absolute atomic E-state index is 6.02. The molecule has 3 nitrogen and oxygen atoms in total. The van der Waals surface area contributed by atoms with Crippen molar-refractivity contribution in [1.82, 2.24) is 9.56 Å². The SMILES string of the molecule is CC[N+](CC)=c1ccc2nc3cc(C)c(N)cc3sc-2c1.[CH3-]. The van der Waals surface area contributed by atoms with Crippen molar-refractivity contribution in [3.8, 4) is 10.6 Å². The van der Waals surface area contributed by atoms with Gasteiger partial charge in [-0.15, -0.1) is 11.3 Å². The van der Waals surface area contributed by atoms with Crippen molar-refractivity contribution in [3.63, 3.8) is 0 Å². The van der Waals surface area contributed by atoms with Gasteiger partial charge in [0.1, 0.15) is 13.1 Å². The van der Waals surface area contributed by atoms with Gasteiger partial charge >= 0.3 is 0 Å². The molecular formula is C18H23N3S. The molecule has 116 valence electrons. The minimum Gasteiger partial charge on any atom is -0.398 e. The van der Waals surface area contributed by atoms with E-state index in [1.54, 1.807) is 11.3 Å². The lowest BCUT2D eigenvalue weighted by atomic mass is 10.2. The fourth-order valence-electron chi connectivity index (χ4n) is 2.57. The zero-order valence-corrected chi connectivity index (χ0v) is 14.5. The normalized spacial score (nSPS) is 10.7. The van der Waals surface area contributed by atoms with E-state index in [4.69, 9.17) is 10.7 Å². The second-order valence-electron chi connectivity index (χ2n) is 5.21. The summed E-state index contributed by atoms with van der Waals surface area (Å²) in [6, 6.07) is 10.6. The third kappa shape index (κ3) is 2.83. The lowest BCUT2D eigenvalue weighted by molar-refractivity contribution is 0.626. The van der Waals surface area contributed by atoms with E-state index in [1.807, 2.05) is 13.0 Å². The number of hydrogen-bond acceptors (Lipinski definition) is 3. The minimum absolute atomic E-state index is 0. The lowest BCUT2D eigenvalue weighted by Gasteiger charge is -2.08. The molecule has 0 amide bonds. The molecule has 4 heteroatoms. The summed E-state index contributed by atoms with van der Waals surface area (Å²) >= 11 is 1.76. The van der Waals surface area contributed by atoms with Crippen molar-refractivity contribution >= 4 is 27.2 Å². The molecule has 0 unspecified atom stereocenters. The van der Waals surface area contributed by atoms with Gasteiger partial charge in [-0.2, -0.15) is 0 Å². The number of rotatable bonds is 2. The Kier molecular flexibility index (Phi) is 4.81. The van der Waals surface area contributed by atoms with Gasteiger partial charge in [0.25, 0.3) is 0 Å². The first-order valence-corrected chi connectivity index (χ1v) is 8.12. The standard InChI is InChI=1S/C17H19N3S.CH3/c1-4-20(5-2)12-6-7-14-16(9-12)21-17-10-13(18)11(3)8-15(17)19-14;/h6-10,18H,4-5H2,1-3H3;1H3/q;-1/p+1. The van der Waals surface area contributed by atoms with Crippen molar-refractivity contribution in [3.05, 3.63) is 48.7 Å². The van der Waals surface area contributed by atoms with Crippen molar-refractivity contribution < 1.29 is 0 Å². The van der Waals surface area contributed by atoms with E-state index < -0.39 is 0 Å². The number of nitrogen functional groups attached to an aromatic ring is 1. The molecule has 0 spiro atoms. The van der Waals surface area contributed by atoms with Gasteiger partial charge in [-0.1, -0.05) is 0 Å². The quantitative estimate of drug-likeness (QED) is 0.340. The van der Waals surface area contributed by atoms with Crippen molar-refractivity contribution in [2.24, 2.45) is 0 Å². The predicted octanol–water partition coefficient (Wildman–Crippen LogP) is 3.55. The fourth-order valence-corrected chi connectivity index (χ4v) is 3.60. The van der Waals surface area contributed by atoms with Gasteiger partial charge < -0.3 is 13.2 Å². The molecule has 1 aliphatic heterocycles. The van der Waals surface area contributed by atoms with Gasteiger partial charge in [0.15, 0.2) is 0 Å². The molecule has 1 heterocycles. The Balaban J connectivity index is 0.00000176. The van der Waals surface area contributed by atoms with Crippen LogP contribution in [0.3, 0.4) is 0 Å². The van der Waals surface area contributed by atoms with Crippen molar-refractivity contribution in [1.29, 1.82) is 0 Å². The van der Waals surface area contributed by atoms with E-state index in [9.17, 15) is 0 Å². The van der Waals surface area contributed by atoms with Gasteiger partial charge in [0, 0.05) is 17.8 Å². The molecule has 2 aliphatic rings. The number of nitrogens with zero attached hydrogens (tertiary/aromatic N) is 2. The fraction of sp³-hybridized carbons (Fsp3) is 0.278. The summed E-state index contributed by atoms with van der Waals surface area (Å²) in [5.74, 6) is 0. The Labute approximate surface area is 136 Å². The number of hydrogen-bond donors (Lipinski definition) is 1. The van der Waals surface area contributed by atoms with Crippen LogP contribution in [0.25, 0.3) is 20.8 Å². The molecule has 22 heavy (non-hydrogen) atoms. The van der Waals surface area contributed by atoms with Crippen LogP contribution in [-0.2, 0) is 0 Å². The molecule has 0 atom stereocenters. The second-order valence-corrected chi connectivity index (χ2v) is 6.30. The zero-order chi connectivity index (χ0) is 15.0. The highest BCUT2D eigenvalue weighted by molar-refractivity contribution is 7.21. The third-order valence-electron chi connectivity index (χ3n) is 3.88. The number of benzene rings is 2. The van der Waals surface area contributed by atoms with Gasteiger partial charge in [-0.25, -0.2) is 9.56 Å². The van der Waals surface area contributed by atoms with Crippen LogP contribution < -0.4 is 15.7 Å². The Morgan fingerprint density at radius 3 is 2.55 bits per heavy atom. The molecule has 1 aliphatic carbocycles. The number of nitrogens with two attached hydrogens (primary N) is 1. The van der Waals surface area contributed by atoms with Crippen LogP contribution in [0, 0.1) is 14.4 Å². The molecule has 2 N–H and O–H groups in total. The highest BCUT2D eigenvalue weighted by Gasteiger charge is 2.10. The average Bonchev–Trinajstić information content (AvgIpc) is 2.48. The summed E-state index contributed by atoms with van der Waals surface area (Å²) in [7, 11) is 0. The van der Waals surface area contributed by atoms with Crippen LogP contribution >= 0.6 is 11.3 Å². The predicted molar refractivity (Wildman–Crippen MR) is 98.2 cm³/mol. The molecule has 0 bridgehead atoms. The van der Waals surface area contributed by atoms with Crippen molar-refractivity contribution in [2.45, 2.75) is 20.8 Å². The molecule has 1 aromatic carbocycles. The van der Waals surface area contributed by atoms with E-state index in [1.165, 1.54) is 10.2 Å². The van der Waals surface area contributed by atoms with Crippen LogP contribution in [0.5, 0.6) is 0 Å². The van der Waals surface area contributed by atoms with E-state index in [2.05, 4.69) is 42.7 Å². The maximum atomic E-state index is 6.02. The molecule has 0 saturated carbocycles. The van der Waals surface area contributed by atoms with Gasteiger partial charge in [0.05, 0.1) is 20.8 Å². The van der Waals surface area contributed by atoms with Crippen LogP contribution in [-0.4, -0.2) is 18.1 Å². The van der Waals surface area contributed by atoms with Gasteiger partial charge in [0.2, 0.25) is 5.36 Å². The molecule has 0 radical (unpaired) electrons. The lowest BCUT2D eigenvalue weighted by Crippen LogP contribution is -2.29. The Morgan fingerprint density at radius 2 is 1.86 bits per heavy atom. The molecule has 0 saturated heterocycles. The summed E-state index contributed by atoms with van der Waals surface area (Å²) in [6.45, 7) is 8.41. The first kappa shape index (κ1) is 16.4. The Bertz CT molecular complexity index is 843. The van der Waals surface area contributed by atoms with E-state index in [-0.39, 0.29) is 7.43 Å². The molecule has 1 aromatic rings. The third-order valence-corrected chi connectivity index (χ3v) is 4.97. The summed E-state index contributed by atoms with van der Waals surface area (Å²) < 4.78 is 3.49. The van der Waals surface area contributed by atoms with Crippen molar-refractivity contribution in [2.75, 3.05) is 18.8 Å². The summed E-state index contributed by atoms with van der Waals surface area (Å²) in [4.78, 5) is 5.97. The largest absolute Gasteiger partial charge is 0.398 e.